The van der Waals surface area contributed by atoms with E-state index in [0.29, 0.717) is 10.8 Å². The summed E-state index contributed by atoms with van der Waals surface area (Å²) in [5, 5.41) is 24.8. The van der Waals surface area contributed by atoms with Crippen LogP contribution in [0.15, 0.2) is 58.2 Å². The molecular weight excluding hydrogens is 421 g/mol. The SMILES string of the molecule is CC(Sc1nnnn1-c1ccc(O)cc1)c1nc(-c2cccc(C(F)(F)F)c2)no1. The molecule has 0 fully saturated rings. The Kier molecular flexibility index (Phi) is 5.16. The standard InChI is InChI=1S/C18H13F3N6O2S/c1-10(30-17-23-25-26-27(17)13-5-7-14(28)8-6-13)16-22-15(24-29-16)11-3-2-4-12(9-11)18(19,20)21/h2-10,28H,1H3. The van der Waals surface area contributed by atoms with E-state index in [9.17, 15) is 18.3 Å². The number of aromatic hydroxyl groups is 1. The van der Waals surface area contributed by atoms with Crippen LogP contribution < -0.4 is 0 Å². The van der Waals surface area contributed by atoms with E-state index in [1.165, 1.54) is 40.7 Å². The van der Waals surface area contributed by atoms with Gasteiger partial charge in [-0.3, -0.25) is 0 Å². The minimum atomic E-state index is -4.46. The molecule has 0 aliphatic rings. The van der Waals surface area contributed by atoms with E-state index in [1.807, 2.05) is 0 Å². The smallest absolute Gasteiger partial charge is 0.416 e. The summed E-state index contributed by atoms with van der Waals surface area (Å²) < 4.78 is 45.5. The third kappa shape index (κ3) is 4.13. The van der Waals surface area contributed by atoms with Gasteiger partial charge in [0.05, 0.1) is 16.5 Å². The summed E-state index contributed by atoms with van der Waals surface area (Å²) in [6, 6.07) is 11.0. The molecule has 2 aromatic carbocycles. The quantitative estimate of drug-likeness (QED) is 0.464. The lowest BCUT2D eigenvalue weighted by Gasteiger charge is -2.07. The maximum Gasteiger partial charge on any atom is 0.416 e. The maximum absolute atomic E-state index is 12.9. The van der Waals surface area contributed by atoms with Crippen LogP contribution in [0.5, 0.6) is 5.75 Å². The van der Waals surface area contributed by atoms with Crippen molar-refractivity contribution in [2.45, 2.75) is 23.5 Å². The number of phenols is 1. The van der Waals surface area contributed by atoms with E-state index in [1.54, 1.807) is 19.1 Å². The summed E-state index contributed by atoms with van der Waals surface area (Å²) in [5.41, 5.74) is 0.0514. The molecule has 4 aromatic rings. The van der Waals surface area contributed by atoms with Gasteiger partial charge in [0, 0.05) is 5.56 Å². The minimum absolute atomic E-state index is 0.0571. The fourth-order valence-corrected chi connectivity index (χ4v) is 3.41. The third-order valence-corrected chi connectivity index (χ3v) is 5.08. The number of rotatable bonds is 5. The average Bonchev–Trinajstić information content (AvgIpc) is 3.38. The number of nitrogens with zero attached hydrogens (tertiary/aromatic N) is 6. The number of alkyl halides is 3. The van der Waals surface area contributed by atoms with Crippen molar-refractivity contribution in [2.75, 3.05) is 0 Å². The van der Waals surface area contributed by atoms with Gasteiger partial charge >= 0.3 is 6.18 Å². The molecule has 4 rings (SSSR count). The number of phenolic OH excluding ortho intramolecular Hbond substituents is 1. The van der Waals surface area contributed by atoms with Crippen LogP contribution in [0.1, 0.15) is 23.6 Å². The van der Waals surface area contributed by atoms with Gasteiger partial charge in [-0.2, -0.15) is 22.8 Å². The number of halogens is 3. The molecule has 0 amide bonds. The van der Waals surface area contributed by atoms with Gasteiger partial charge in [-0.1, -0.05) is 29.1 Å². The predicted molar refractivity (Wildman–Crippen MR) is 99.8 cm³/mol. The summed E-state index contributed by atoms with van der Waals surface area (Å²) in [6.45, 7) is 1.78. The van der Waals surface area contributed by atoms with Gasteiger partial charge in [-0.15, -0.1) is 5.10 Å². The molecule has 0 saturated heterocycles. The highest BCUT2D eigenvalue weighted by Gasteiger charge is 2.31. The highest BCUT2D eigenvalue weighted by Crippen LogP contribution is 2.35. The van der Waals surface area contributed by atoms with Crippen molar-refractivity contribution in [3.8, 4) is 22.8 Å². The Labute approximate surface area is 171 Å². The number of aromatic nitrogens is 6. The summed E-state index contributed by atoms with van der Waals surface area (Å²) in [6.07, 6.45) is -4.46. The number of thioether (sulfide) groups is 1. The second-order valence-electron chi connectivity index (χ2n) is 6.18. The first-order valence-electron chi connectivity index (χ1n) is 8.57. The van der Waals surface area contributed by atoms with Crippen LogP contribution in [0, 0.1) is 0 Å². The van der Waals surface area contributed by atoms with Gasteiger partial charge < -0.3 is 9.63 Å². The van der Waals surface area contributed by atoms with Gasteiger partial charge in [0.1, 0.15) is 5.75 Å². The second kappa shape index (κ2) is 7.78. The largest absolute Gasteiger partial charge is 0.508 e. The molecule has 0 bridgehead atoms. The van der Waals surface area contributed by atoms with Crippen LogP contribution in [0.4, 0.5) is 13.2 Å². The molecule has 8 nitrogen and oxygen atoms in total. The second-order valence-corrected chi connectivity index (χ2v) is 7.49. The molecule has 1 N–H and O–H groups in total. The topological polar surface area (TPSA) is 103 Å². The van der Waals surface area contributed by atoms with Gasteiger partial charge in [0.2, 0.25) is 16.9 Å². The number of hydrogen-bond donors (Lipinski definition) is 1. The molecule has 0 aliphatic carbocycles. The van der Waals surface area contributed by atoms with E-state index in [2.05, 4.69) is 25.7 Å². The molecule has 2 aromatic heterocycles. The summed E-state index contributed by atoms with van der Waals surface area (Å²) in [4.78, 5) is 4.22. The number of hydrogen-bond acceptors (Lipinski definition) is 8. The predicted octanol–water partition coefficient (Wildman–Crippen LogP) is 4.29. The van der Waals surface area contributed by atoms with Gasteiger partial charge in [0.25, 0.3) is 0 Å². The van der Waals surface area contributed by atoms with Crippen molar-refractivity contribution in [1.29, 1.82) is 0 Å². The van der Waals surface area contributed by atoms with Crippen molar-refractivity contribution >= 4 is 11.8 Å². The maximum atomic E-state index is 12.9. The molecular formula is C18H13F3N6O2S. The minimum Gasteiger partial charge on any atom is -0.508 e. The lowest BCUT2D eigenvalue weighted by Crippen LogP contribution is -2.04. The van der Waals surface area contributed by atoms with Crippen molar-refractivity contribution in [1.82, 2.24) is 30.3 Å². The normalized spacial score (nSPS) is 12.8. The Morgan fingerprint density at radius 2 is 1.90 bits per heavy atom. The highest BCUT2D eigenvalue weighted by molar-refractivity contribution is 7.99. The van der Waals surface area contributed by atoms with Gasteiger partial charge in [-0.05, 0) is 53.7 Å². The zero-order chi connectivity index (χ0) is 21.3. The molecule has 1 unspecified atom stereocenters. The molecule has 0 aliphatic heterocycles. The van der Waals surface area contributed by atoms with E-state index in [0.717, 1.165) is 12.1 Å². The first-order chi connectivity index (χ1) is 14.3. The van der Waals surface area contributed by atoms with E-state index >= 15 is 0 Å². The monoisotopic (exact) mass is 434 g/mol. The van der Waals surface area contributed by atoms with Crippen molar-refractivity contribution < 1.29 is 22.8 Å². The first-order valence-corrected chi connectivity index (χ1v) is 9.45. The Balaban J connectivity index is 1.54. The lowest BCUT2D eigenvalue weighted by atomic mass is 10.1. The molecule has 1 atom stereocenters. The zero-order valence-electron chi connectivity index (χ0n) is 15.3. The van der Waals surface area contributed by atoms with Gasteiger partial charge in [-0.25, -0.2) is 0 Å². The fraction of sp³-hybridized carbons (Fsp3) is 0.167. The lowest BCUT2D eigenvalue weighted by molar-refractivity contribution is -0.137. The van der Waals surface area contributed by atoms with Crippen molar-refractivity contribution in [3.63, 3.8) is 0 Å². The van der Waals surface area contributed by atoms with Crippen molar-refractivity contribution in [3.05, 3.63) is 60.0 Å². The van der Waals surface area contributed by atoms with Crippen molar-refractivity contribution in [2.24, 2.45) is 0 Å². The molecule has 12 heteroatoms. The van der Waals surface area contributed by atoms with Gasteiger partial charge in [0.15, 0.2) is 0 Å². The molecule has 0 radical (unpaired) electrons. The molecule has 154 valence electrons. The Morgan fingerprint density at radius 1 is 1.13 bits per heavy atom. The molecule has 30 heavy (non-hydrogen) atoms. The fourth-order valence-electron chi connectivity index (χ4n) is 2.57. The van der Waals surface area contributed by atoms with Crippen LogP contribution in [-0.2, 0) is 6.18 Å². The highest BCUT2D eigenvalue weighted by atomic mass is 32.2. The molecule has 0 saturated carbocycles. The van der Waals surface area contributed by atoms with E-state index in [-0.39, 0.29) is 28.3 Å². The Bertz CT molecular complexity index is 1160. The molecule has 0 spiro atoms. The summed E-state index contributed by atoms with van der Waals surface area (Å²) >= 11 is 1.23. The first kappa shape index (κ1) is 19.9. The summed E-state index contributed by atoms with van der Waals surface area (Å²) in [5.74, 6) is 0.386. The summed E-state index contributed by atoms with van der Waals surface area (Å²) in [7, 11) is 0. The van der Waals surface area contributed by atoms with Crippen LogP contribution >= 0.6 is 11.8 Å². The average molecular weight is 434 g/mol. The van der Waals surface area contributed by atoms with E-state index < -0.39 is 11.7 Å². The third-order valence-electron chi connectivity index (χ3n) is 4.05. The number of benzene rings is 2. The van der Waals surface area contributed by atoms with Crippen LogP contribution in [0.2, 0.25) is 0 Å². The zero-order valence-corrected chi connectivity index (χ0v) is 16.1. The van der Waals surface area contributed by atoms with Crippen LogP contribution in [0.25, 0.3) is 17.1 Å². The Morgan fingerprint density at radius 3 is 2.63 bits per heavy atom. The van der Waals surface area contributed by atoms with Crippen LogP contribution in [0.3, 0.4) is 0 Å². The Hall–Kier alpha value is -3.41. The van der Waals surface area contributed by atoms with E-state index in [4.69, 9.17) is 4.52 Å². The number of tetrazole rings is 1. The molecule has 2 heterocycles. The van der Waals surface area contributed by atoms with Crippen LogP contribution in [-0.4, -0.2) is 35.5 Å².